The second-order valence-corrected chi connectivity index (χ2v) is 4.87. The number of aromatic carboxylic acids is 1. The van der Waals surface area contributed by atoms with Crippen LogP contribution >= 0.6 is 0 Å². The summed E-state index contributed by atoms with van der Waals surface area (Å²) in [6, 6.07) is 5.70. The Bertz CT molecular complexity index is 445. The number of nitrogens with one attached hydrogen (secondary N) is 1. The van der Waals surface area contributed by atoms with Gasteiger partial charge in [0.2, 0.25) is 0 Å². The Hall–Kier alpha value is -1.55. The lowest BCUT2D eigenvalue weighted by molar-refractivity contribution is 0.0537. The molecule has 2 unspecified atom stereocenters. The monoisotopic (exact) mass is 249 g/mol. The quantitative estimate of drug-likeness (QED) is 0.864. The van der Waals surface area contributed by atoms with Crippen LogP contribution in [0.5, 0.6) is 0 Å². The summed E-state index contributed by atoms with van der Waals surface area (Å²) in [6.07, 6.45) is 0.956. The highest BCUT2D eigenvalue weighted by atomic mass is 16.5. The minimum atomic E-state index is -0.879. The standard InChI is InChI=1S/C14H19NO3/c1-9-8-18-7-6-12(9)15-13-5-3-4-11(10(13)2)14(16)17/h3-5,9,12,15H,6-8H2,1-2H3,(H,16,17). The van der Waals surface area contributed by atoms with E-state index < -0.39 is 5.97 Å². The second kappa shape index (κ2) is 5.40. The van der Waals surface area contributed by atoms with Crippen molar-refractivity contribution in [1.82, 2.24) is 0 Å². The van der Waals surface area contributed by atoms with E-state index in [9.17, 15) is 4.79 Å². The molecule has 1 aromatic rings. The van der Waals surface area contributed by atoms with Gasteiger partial charge in [0.1, 0.15) is 0 Å². The van der Waals surface area contributed by atoms with Gasteiger partial charge in [-0.2, -0.15) is 0 Å². The number of hydrogen-bond acceptors (Lipinski definition) is 3. The van der Waals surface area contributed by atoms with Crippen LogP contribution in [0.2, 0.25) is 0 Å². The van der Waals surface area contributed by atoms with E-state index in [1.807, 2.05) is 13.0 Å². The highest BCUT2D eigenvalue weighted by Crippen LogP contribution is 2.24. The molecule has 1 aliphatic heterocycles. The maximum absolute atomic E-state index is 11.1. The van der Waals surface area contributed by atoms with Crippen molar-refractivity contribution in [1.29, 1.82) is 0 Å². The third kappa shape index (κ3) is 2.64. The predicted octanol–water partition coefficient (Wildman–Crippen LogP) is 2.53. The van der Waals surface area contributed by atoms with E-state index in [0.29, 0.717) is 17.5 Å². The summed E-state index contributed by atoms with van der Waals surface area (Å²) in [5, 5.41) is 12.6. The van der Waals surface area contributed by atoms with Gasteiger partial charge in [0, 0.05) is 18.3 Å². The molecule has 4 heteroatoms. The van der Waals surface area contributed by atoms with Crippen molar-refractivity contribution in [3.8, 4) is 0 Å². The lowest BCUT2D eigenvalue weighted by atomic mass is 9.96. The second-order valence-electron chi connectivity index (χ2n) is 4.87. The van der Waals surface area contributed by atoms with Crippen LogP contribution in [0.25, 0.3) is 0 Å². The smallest absolute Gasteiger partial charge is 0.336 e. The maximum Gasteiger partial charge on any atom is 0.336 e. The topological polar surface area (TPSA) is 58.6 Å². The molecule has 0 aromatic heterocycles. The molecular formula is C14H19NO3. The Morgan fingerprint density at radius 3 is 2.94 bits per heavy atom. The number of ether oxygens (including phenoxy) is 1. The molecule has 0 radical (unpaired) electrons. The molecule has 0 amide bonds. The first-order chi connectivity index (χ1) is 8.59. The number of benzene rings is 1. The van der Waals surface area contributed by atoms with Gasteiger partial charge in [-0.05, 0) is 37.0 Å². The summed E-state index contributed by atoms with van der Waals surface area (Å²) in [6.45, 7) is 5.51. The lowest BCUT2D eigenvalue weighted by Gasteiger charge is -2.31. The minimum Gasteiger partial charge on any atom is -0.478 e. The van der Waals surface area contributed by atoms with E-state index in [0.717, 1.165) is 30.9 Å². The van der Waals surface area contributed by atoms with Crippen molar-refractivity contribution in [2.45, 2.75) is 26.3 Å². The molecule has 1 aromatic carbocycles. The number of carbonyl (C=O) groups is 1. The summed E-state index contributed by atoms with van der Waals surface area (Å²) in [5.41, 5.74) is 2.07. The van der Waals surface area contributed by atoms with Crippen LogP contribution in [0.3, 0.4) is 0 Å². The van der Waals surface area contributed by atoms with E-state index in [1.165, 1.54) is 0 Å². The molecule has 4 nitrogen and oxygen atoms in total. The van der Waals surface area contributed by atoms with E-state index in [1.54, 1.807) is 12.1 Å². The molecular weight excluding hydrogens is 230 g/mol. The normalized spacial score (nSPS) is 23.7. The SMILES string of the molecule is Cc1c(NC2CCOCC2C)cccc1C(=O)O. The summed E-state index contributed by atoms with van der Waals surface area (Å²) in [4.78, 5) is 11.1. The van der Waals surface area contributed by atoms with E-state index >= 15 is 0 Å². The molecule has 2 rings (SSSR count). The van der Waals surface area contributed by atoms with Crippen LogP contribution in [0.4, 0.5) is 5.69 Å². The molecule has 2 atom stereocenters. The van der Waals surface area contributed by atoms with Crippen LogP contribution < -0.4 is 5.32 Å². The zero-order valence-electron chi connectivity index (χ0n) is 10.8. The average molecular weight is 249 g/mol. The first-order valence-electron chi connectivity index (χ1n) is 6.26. The molecule has 1 aliphatic rings. The number of carboxylic acids is 1. The van der Waals surface area contributed by atoms with Crippen molar-refractivity contribution in [3.63, 3.8) is 0 Å². The van der Waals surface area contributed by atoms with Crippen LogP contribution in [0, 0.1) is 12.8 Å². The summed E-state index contributed by atoms with van der Waals surface area (Å²) < 4.78 is 5.41. The fourth-order valence-electron chi connectivity index (χ4n) is 2.32. The summed E-state index contributed by atoms with van der Waals surface area (Å²) >= 11 is 0. The zero-order valence-corrected chi connectivity index (χ0v) is 10.8. The first kappa shape index (κ1) is 12.9. The minimum absolute atomic E-state index is 0.349. The molecule has 0 bridgehead atoms. The third-order valence-corrected chi connectivity index (χ3v) is 3.55. The van der Waals surface area contributed by atoms with Gasteiger partial charge in [0.15, 0.2) is 0 Å². The molecule has 0 saturated carbocycles. The Morgan fingerprint density at radius 2 is 2.28 bits per heavy atom. The molecule has 18 heavy (non-hydrogen) atoms. The van der Waals surface area contributed by atoms with E-state index in [-0.39, 0.29) is 0 Å². The highest BCUT2D eigenvalue weighted by molar-refractivity contribution is 5.91. The van der Waals surface area contributed by atoms with E-state index in [2.05, 4.69) is 12.2 Å². The zero-order chi connectivity index (χ0) is 13.1. The van der Waals surface area contributed by atoms with Crippen molar-refractivity contribution < 1.29 is 14.6 Å². The molecule has 1 heterocycles. The van der Waals surface area contributed by atoms with Gasteiger partial charge in [-0.1, -0.05) is 13.0 Å². The summed E-state index contributed by atoms with van der Waals surface area (Å²) in [7, 11) is 0. The number of rotatable bonds is 3. The Kier molecular flexibility index (Phi) is 3.87. The van der Waals surface area contributed by atoms with Gasteiger partial charge in [0.05, 0.1) is 12.2 Å². The largest absolute Gasteiger partial charge is 0.478 e. The van der Waals surface area contributed by atoms with Gasteiger partial charge in [0.25, 0.3) is 0 Å². The van der Waals surface area contributed by atoms with Gasteiger partial charge in [-0.15, -0.1) is 0 Å². The van der Waals surface area contributed by atoms with E-state index in [4.69, 9.17) is 9.84 Å². The Balaban J connectivity index is 2.18. The van der Waals surface area contributed by atoms with Gasteiger partial charge in [-0.3, -0.25) is 0 Å². The van der Waals surface area contributed by atoms with Crippen LogP contribution in [0.15, 0.2) is 18.2 Å². The predicted molar refractivity (Wildman–Crippen MR) is 70.1 cm³/mol. The third-order valence-electron chi connectivity index (χ3n) is 3.55. The molecule has 1 fully saturated rings. The van der Waals surface area contributed by atoms with Crippen molar-refractivity contribution in [2.24, 2.45) is 5.92 Å². The average Bonchev–Trinajstić information content (AvgIpc) is 2.34. The summed E-state index contributed by atoms with van der Waals surface area (Å²) in [5.74, 6) is -0.442. The Morgan fingerprint density at radius 1 is 1.50 bits per heavy atom. The number of carboxylic acid groups (broad SMARTS) is 1. The molecule has 98 valence electrons. The van der Waals surface area contributed by atoms with Crippen molar-refractivity contribution in [3.05, 3.63) is 29.3 Å². The van der Waals surface area contributed by atoms with Crippen LogP contribution in [0.1, 0.15) is 29.3 Å². The maximum atomic E-state index is 11.1. The van der Waals surface area contributed by atoms with Crippen molar-refractivity contribution >= 4 is 11.7 Å². The van der Waals surface area contributed by atoms with Crippen molar-refractivity contribution in [2.75, 3.05) is 18.5 Å². The fraction of sp³-hybridized carbons (Fsp3) is 0.500. The molecule has 0 aliphatic carbocycles. The molecule has 0 spiro atoms. The van der Waals surface area contributed by atoms with Gasteiger partial charge >= 0.3 is 5.97 Å². The van der Waals surface area contributed by atoms with Gasteiger partial charge < -0.3 is 15.2 Å². The van der Waals surface area contributed by atoms with Crippen LogP contribution in [-0.2, 0) is 4.74 Å². The number of hydrogen-bond donors (Lipinski definition) is 2. The number of anilines is 1. The highest BCUT2D eigenvalue weighted by Gasteiger charge is 2.22. The van der Waals surface area contributed by atoms with Crippen LogP contribution in [-0.4, -0.2) is 30.3 Å². The molecule has 1 saturated heterocycles. The Labute approximate surface area is 107 Å². The first-order valence-corrected chi connectivity index (χ1v) is 6.26. The fourth-order valence-corrected chi connectivity index (χ4v) is 2.32. The van der Waals surface area contributed by atoms with Gasteiger partial charge in [-0.25, -0.2) is 4.79 Å². The molecule has 2 N–H and O–H groups in total. The lowest BCUT2D eigenvalue weighted by Crippen LogP contribution is -2.36.